The van der Waals surface area contributed by atoms with Gasteiger partial charge in [-0.1, -0.05) is 0 Å². The van der Waals surface area contributed by atoms with E-state index in [9.17, 15) is 4.79 Å². The van der Waals surface area contributed by atoms with Crippen molar-refractivity contribution in [2.75, 3.05) is 13.2 Å². The van der Waals surface area contributed by atoms with Gasteiger partial charge in [0, 0.05) is 24.5 Å². The molecule has 20 heavy (non-hydrogen) atoms. The zero-order chi connectivity index (χ0) is 14.2. The Balaban J connectivity index is 1.69. The Bertz CT molecular complexity index is 476. The molecule has 0 bridgehead atoms. The van der Waals surface area contributed by atoms with Gasteiger partial charge in [0.2, 0.25) is 5.91 Å². The minimum atomic E-state index is -0.609. The van der Waals surface area contributed by atoms with Crippen LogP contribution in [0.2, 0.25) is 0 Å². The third-order valence-electron chi connectivity index (χ3n) is 4.74. The van der Waals surface area contributed by atoms with Crippen LogP contribution in [-0.4, -0.2) is 40.8 Å². The first-order valence-electron chi connectivity index (χ1n) is 7.23. The predicted molar refractivity (Wildman–Crippen MR) is 73.9 cm³/mol. The molecule has 2 fully saturated rings. The van der Waals surface area contributed by atoms with Crippen molar-refractivity contribution in [2.45, 2.75) is 44.3 Å². The number of imidazole rings is 1. The predicted octanol–water partition coefficient (Wildman–Crippen LogP) is 0.457. The standard InChI is InChI=1S/C14H22N4O2/c1-14(8-20-7-12(14)15)13(19)17-10-3-2-4-11(10)18-6-5-16-9-18/h5-6,9-12H,2-4,7-8,15H2,1H3,(H,17,19). The Kier molecular flexibility index (Phi) is 3.52. The summed E-state index contributed by atoms with van der Waals surface area (Å²) >= 11 is 0. The highest BCUT2D eigenvalue weighted by atomic mass is 16.5. The molecular weight excluding hydrogens is 256 g/mol. The van der Waals surface area contributed by atoms with Gasteiger partial charge in [-0.15, -0.1) is 0 Å². The highest BCUT2D eigenvalue weighted by Crippen LogP contribution is 2.32. The lowest BCUT2D eigenvalue weighted by Gasteiger charge is -2.30. The Morgan fingerprint density at radius 3 is 3.05 bits per heavy atom. The van der Waals surface area contributed by atoms with Crippen LogP contribution in [0, 0.1) is 5.41 Å². The molecule has 0 aromatic carbocycles. The number of rotatable bonds is 3. The molecule has 4 atom stereocenters. The van der Waals surface area contributed by atoms with E-state index in [0.29, 0.717) is 19.3 Å². The van der Waals surface area contributed by atoms with Gasteiger partial charge in [0.1, 0.15) is 0 Å². The summed E-state index contributed by atoms with van der Waals surface area (Å²) in [5.74, 6) is 0.0134. The zero-order valence-electron chi connectivity index (χ0n) is 11.8. The van der Waals surface area contributed by atoms with E-state index in [2.05, 4.69) is 14.9 Å². The van der Waals surface area contributed by atoms with Crippen molar-refractivity contribution in [1.29, 1.82) is 0 Å². The maximum atomic E-state index is 12.6. The van der Waals surface area contributed by atoms with Crippen LogP contribution in [-0.2, 0) is 9.53 Å². The number of carbonyl (C=O) groups excluding carboxylic acids is 1. The summed E-state index contributed by atoms with van der Waals surface area (Å²) in [6.45, 7) is 2.75. The van der Waals surface area contributed by atoms with Crippen LogP contribution in [0.1, 0.15) is 32.2 Å². The SMILES string of the molecule is CC1(C(=O)NC2CCCC2n2ccnc2)COCC1N. The maximum absolute atomic E-state index is 12.6. The van der Waals surface area contributed by atoms with E-state index >= 15 is 0 Å². The molecule has 3 rings (SSSR count). The molecule has 6 nitrogen and oxygen atoms in total. The molecule has 1 amide bonds. The van der Waals surface area contributed by atoms with Crippen LogP contribution in [0.3, 0.4) is 0 Å². The van der Waals surface area contributed by atoms with Crippen molar-refractivity contribution in [2.24, 2.45) is 11.1 Å². The summed E-state index contributed by atoms with van der Waals surface area (Å²) in [5, 5.41) is 3.18. The van der Waals surface area contributed by atoms with E-state index in [4.69, 9.17) is 10.5 Å². The van der Waals surface area contributed by atoms with E-state index in [1.54, 1.807) is 6.20 Å². The van der Waals surface area contributed by atoms with Gasteiger partial charge in [-0.25, -0.2) is 4.98 Å². The van der Waals surface area contributed by atoms with Gasteiger partial charge >= 0.3 is 0 Å². The summed E-state index contributed by atoms with van der Waals surface area (Å²) in [6, 6.07) is 0.223. The molecule has 110 valence electrons. The van der Waals surface area contributed by atoms with Crippen molar-refractivity contribution < 1.29 is 9.53 Å². The first-order chi connectivity index (χ1) is 9.61. The fourth-order valence-electron chi connectivity index (χ4n) is 3.19. The van der Waals surface area contributed by atoms with E-state index < -0.39 is 5.41 Å². The molecule has 1 saturated carbocycles. The lowest BCUT2D eigenvalue weighted by atomic mass is 9.84. The topological polar surface area (TPSA) is 82.2 Å². The molecule has 1 saturated heterocycles. The summed E-state index contributed by atoms with van der Waals surface area (Å²) in [7, 11) is 0. The van der Waals surface area contributed by atoms with E-state index in [-0.39, 0.29) is 18.0 Å². The first-order valence-corrected chi connectivity index (χ1v) is 7.23. The second-order valence-corrected chi connectivity index (χ2v) is 6.13. The lowest BCUT2D eigenvalue weighted by Crippen LogP contribution is -2.53. The number of ether oxygens (including phenoxy) is 1. The number of carbonyl (C=O) groups is 1. The summed E-state index contributed by atoms with van der Waals surface area (Å²) in [6.07, 6.45) is 8.75. The van der Waals surface area contributed by atoms with Crippen LogP contribution in [0.4, 0.5) is 0 Å². The van der Waals surface area contributed by atoms with E-state index in [1.807, 2.05) is 19.4 Å². The molecule has 0 spiro atoms. The fourth-order valence-corrected chi connectivity index (χ4v) is 3.19. The first kappa shape index (κ1) is 13.6. The number of hydrogen-bond acceptors (Lipinski definition) is 4. The third kappa shape index (κ3) is 2.23. The molecule has 1 aromatic heterocycles. The molecule has 2 aliphatic rings. The zero-order valence-corrected chi connectivity index (χ0v) is 11.8. The molecule has 4 unspecified atom stereocenters. The molecule has 6 heteroatoms. The van der Waals surface area contributed by atoms with Gasteiger partial charge in [-0.2, -0.15) is 0 Å². The number of nitrogens with two attached hydrogens (primary N) is 1. The van der Waals surface area contributed by atoms with Crippen LogP contribution in [0.25, 0.3) is 0 Å². The van der Waals surface area contributed by atoms with Crippen molar-refractivity contribution in [3.8, 4) is 0 Å². The summed E-state index contributed by atoms with van der Waals surface area (Å²) < 4.78 is 7.44. The van der Waals surface area contributed by atoms with Gasteiger partial charge in [0.25, 0.3) is 0 Å². The van der Waals surface area contributed by atoms with Crippen molar-refractivity contribution in [3.05, 3.63) is 18.7 Å². The summed E-state index contributed by atoms with van der Waals surface area (Å²) in [4.78, 5) is 16.6. The highest BCUT2D eigenvalue weighted by Gasteiger charge is 2.45. The molecule has 2 heterocycles. The highest BCUT2D eigenvalue weighted by molar-refractivity contribution is 5.84. The Hall–Kier alpha value is -1.40. The summed E-state index contributed by atoms with van der Waals surface area (Å²) in [5.41, 5.74) is 5.41. The second kappa shape index (κ2) is 5.18. The van der Waals surface area contributed by atoms with E-state index in [1.165, 1.54) is 0 Å². The van der Waals surface area contributed by atoms with Crippen LogP contribution in [0.15, 0.2) is 18.7 Å². The van der Waals surface area contributed by atoms with Gasteiger partial charge in [0.05, 0.1) is 31.0 Å². The number of aromatic nitrogens is 2. The molecular formula is C14H22N4O2. The van der Waals surface area contributed by atoms with Crippen LogP contribution < -0.4 is 11.1 Å². The van der Waals surface area contributed by atoms with Gasteiger partial charge in [-0.05, 0) is 26.2 Å². The minimum absolute atomic E-state index is 0.0134. The van der Waals surface area contributed by atoms with Gasteiger partial charge < -0.3 is 20.4 Å². The molecule has 3 N–H and O–H groups in total. The van der Waals surface area contributed by atoms with Gasteiger partial charge in [-0.3, -0.25) is 4.79 Å². The van der Waals surface area contributed by atoms with E-state index in [0.717, 1.165) is 19.3 Å². The average Bonchev–Trinajstić information content (AvgIpc) is 3.12. The number of nitrogens with zero attached hydrogens (tertiary/aromatic N) is 2. The molecule has 1 aromatic rings. The minimum Gasteiger partial charge on any atom is -0.379 e. The normalized spacial score (nSPS) is 37.2. The molecule has 0 radical (unpaired) electrons. The Labute approximate surface area is 118 Å². The lowest BCUT2D eigenvalue weighted by molar-refractivity contribution is -0.131. The second-order valence-electron chi connectivity index (χ2n) is 6.13. The smallest absolute Gasteiger partial charge is 0.230 e. The fraction of sp³-hybridized carbons (Fsp3) is 0.714. The molecule has 1 aliphatic heterocycles. The largest absolute Gasteiger partial charge is 0.379 e. The average molecular weight is 278 g/mol. The third-order valence-corrected chi connectivity index (χ3v) is 4.74. The Morgan fingerprint density at radius 2 is 2.40 bits per heavy atom. The Morgan fingerprint density at radius 1 is 1.55 bits per heavy atom. The van der Waals surface area contributed by atoms with Crippen LogP contribution >= 0.6 is 0 Å². The van der Waals surface area contributed by atoms with Crippen LogP contribution in [0.5, 0.6) is 0 Å². The number of hydrogen-bond donors (Lipinski definition) is 2. The van der Waals surface area contributed by atoms with Gasteiger partial charge in [0.15, 0.2) is 0 Å². The number of amides is 1. The van der Waals surface area contributed by atoms with Crippen molar-refractivity contribution >= 4 is 5.91 Å². The molecule has 1 aliphatic carbocycles. The maximum Gasteiger partial charge on any atom is 0.230 e. The van der Waals surface area contributed by atoms with Crippen molar-refractivity contribution in [3.63, 3.8) is 0 Å². The van der Waals surface area contributed by atoms with Crippen molar-refractivity contribution in [1.82, 2.24) is 14.9 Å². The number of nitrogens with one attached hydrogen (secondary N) is 1. The quantitative estimate of drug-likeness (QED) is 0.841. The monoisotopic (exact) mass is 278 g/mol.